The highest BCUT2D eigenvalue weighted by atomic mass is 19.1. The summed E-state index contributed by atoms with van der Waals surface area (Å²) in [5.41, 5.74) is -0.679. The fraction of sp³-hybridized carbons (Fsp3) is 0.529. The Hall–Kier alpha value is -2.18. The summed E-state index contributed by atoms with van der Waals surface area (Å²) in [6.07, 6.45) is 3.25. The van der Waals surface area contributed by atoms with E-state index in [1.807, 2.05) is 0 Å². The molecule has 2 rings (SSSR count). The summed E-state index contributed by atoms with van der Waals surface area (Å²) in [4.78, 5) is 22.2. The van der Waals surface area contributed by atoms with E-state index in [4.69, 9.17) is 5.11 Å². The van der Waals surface area contributed by atoms with Crippen molar-refractivity contribution in [2.24, 2.45) is 0 Å². The molecule has 132 valence electrons. The fourth-order valence-corrected chi connectivity index (χ4v) is 3.32. The average molecular weight is 340 g/mol. The summed E-state index contributed by atoms with van der Waals surface area (Å²) in [6.45, 7) is 0.384. The lowest BCUT2D eigenvalue weighted by Crippen LogP contribution is -2.44. The van der Waals surface area contributed by atoms with Gasteiger partial charge in [-0.1, -0.05) is 18.9 Å². The minimum Gasteiger partial charge on any atom is -0.481 e. The predicted molar refractivity (Wildman–Crippen MR) is 84.8 cm³/mol. The number of benzene rings is 1. The number of hydrogen-bond donors (Lipinski definition) is 3. The third-order valence-corrected chi connectivity index (χ3v) is 4.49. The van der Waals surface area contributed by atoms with Crippen molar-refractivity contribution in [3.05, 3.63) is 35.4 Å². The third kappa shape index (κ3) is 4.43. The second-order valence-electron chi connectivity index (χ2n) is 6.19. The number of carboxylic acid groups (broad SMARTS) is 1. The molecule has 3 N–H and O–H groups in total. The Labute approximate surface area is 139 Å². The van der Waals surface area contributed by atoms with E-state index in [1.165, 1.54) is 18.2 Å². The van der Waals surface area contributed by atoms with Crippen LogP contribution in [0.4, 0.5) is 13.6 Å². The number of hydrogen-bond acceptors (Lipinski definition) is 2. The second-order valence-corrected chi connectivity index (χ2v) is 6.19. The number of carbonyl (C=O) groups excluding carboxylic acids is 1. The van der Waals surface area contributed by atoms with E-state index in [2.05, 4.69) is 10.6 Å². The Kier molecular flexibility index (Phi) is 6.11. The molecule has 5 nitrogen and oxygen atoms in total. The molecule has 1 aliphatic rings. The van der Waals surface area contributed by atoms with Gasteiger partial charge in [0.1, 0.15) is 11.6 Å². The molecule has 0 atom stereocenters. The predicted octanol–water partition coefficient (Wildman–Crippen LogP) is 2.94. The summed E-state index contributed by atoms with van der Waals surface area (Å²) in [5.74, 6) is -2.08. The van der Waals surface area contributed by atoms with Gasteiger partial charge < -0.3 is 15.7 Å². The van der Waals surface area contributed by atoms with Gasteiger partial charge in [-0.3, -0.25) is 4.79 Å². The zero-order valence-electron chi connectivity index (χ0n) is 13.4. The maximum atomic E-state index is 14.2. The summed E-state index contributed by atoms with van der Waals surface area (Å²) < 4.78 is 28.3. The molecule has 0 spiro atoms. The zero-order valence-corrected chi connectivity index (χ0v) is 13.4. The van der Waals surface area contributed by atoms with E-state index in [9.17, 15) is 18.4 Å². The largest absolute Gasteiger partial charge is 0.481 e. The molecule has 0 saturated heterocycles. The van der Waals surface area contributed by atoms with Crippen LogP contribution in [0.1, 0.15) is 44.1 Å². The Morgan fingerprint density at radius 3 is 2.33 bits per heavy atom. The van der Waals surface area contributed by atoms with Gasteiger partial charge in [0, 0.05) is 30.5 Å². The van der Waals surface area contributed by atoms with Crippen LogP contribution in [0, 0.1) is 11.6 Å². The van der Waals surface area contributed by atoms with Gasteiger partial charge in [0.05, 0.1) is 0 Å². The monoisotopic (exact) mass is 340 g/mol. The van der Waals surface area contributed by atoms with Gasteiger partial charge >= 0.3 is 12.0 Å². The first-order chi connectivity index (χ1) is 11.4. The molecular weight excluding hydrogens is 318 g/mol. The topological polar surface area (TPSA) is 78.4 Å². The maximum Gasteiger partial charge on any atom is 0.314 e. The molecule has 1 aromatic rings. The molecule has 1 aliphatic carbocycles. The highest BCUT2D eigenvalue weighted by Gasteiger charge is 2.40. The number of carboxylic acids is 1. The lowest BCUT2D eigenvalue weighted by Gasteiger charge is -2.30. The van der Waals surface area contributed by atoms with Crippen molar-refractivity contribution in [3.8, 4) is 0 Å². The first kappa shape index (κ1) is 18.2. The minimum absolute atomic E-state index is 0.0232. The molecule has 24 heavy (non-hydrogen) atoms. The molecule has 1 fully saturated rings. The average Bonchev–Trinajstić information content (AvgIpc) is 2.99. The van der Waals surface area contributed by atoms with E-state index in [-0.39, 0.29) is 25.1 Å². The Bertz CT molecular complexity index is 581. The quantitative estimate of drug-likeness (QED) is 0.668. The van der Waals surface area contributed by atoms with E-state index in [0.29, 0.717) is 19.3 Å². The van der Waals surface area contributed by atoms with Crippen molar-refractivity contribution >= 4 is 12.0 Å². The summed E-state index contributed by atoms with van der Waals surface area (Å²) in [7, 11) is 0. The molecule has 0 unspecified atom stereocenters. The van der Waals surface area contributed by atoms with E-state index < -0.39 is 29.0 Å². The number of halogens is 2. The van der Waals surface area contributed by atoms with Crippen LogP contribution in [0.5, 0.6) is 0 Å². The highest BCUT2D eigenvalue weighted by Crippen LogP contribution is 2.42. The SMILES string of the molecule is O=C(O)CCCNC(=O)NCC1(c2c(F)cccc2F)CCCC1. The van der Waals surface area contributed by atoms with Crippen LogP contribution >= 0.6 is 0 Å². The lowest BCUT2D eigenvalue weighted by molar-refractivity contribution is -0.137. The standard InChI is InChI=1S/C17H22F2N2O3/c18-12-5-3-6-13(19)15(12)17(8-1-2-9-17)11-21-16(24)20-10-4-7-14(22)23/h3,5-6H,1-2,4,7-11H2,(H,22,23)(H2,20,21,24). The Balaban J connectivity index is 1.97. The molecule has 0 aromatic heterocycles. The van der Waals surface area contributed by atoms with Crippen LogP contribution in [-0.4, -0.2) is 30.2 Å². The van der Waals surface area contributed by atoms with Crippen LogP contribution in [0.3, 0.4) is 0 Å². The van der Waals surface area contributed by atoms with Gasteiger partial charge in [-0.05, 0) is 31.4 Å². The summed E-state index contributed by atoms with van der Waals surface area (Å²) in [5, 5.41) is 13.8. The first-order valence-electron chi connectivity index (χ1n) is 8.13. The second kappa shape index (κ2) is 8.08. The van der Waals surface area contributed by atoms with Gasteiger partial charge in [0.15, 0.2) is 0 Å². The molecule has 1 saturated carbocycles. The van der Waals surface area contributed by atoms with Crippen LogP contribution in [0.15, 0.2) is 18.2 Å². The van der Waals surface area contributed by atoms with Gasteiger partial charge in [0.2, 0.25) is 0 Å². The van der Waals surface area contributed by atoms with Gasteiger partial charge in [-0.25, -0.2) is 13.6 Å². The lowest BCUT2D eigenvalue weighted by atomic mass is 9.78. The summed E-state index contributed by atoms with van der Waals surface area (Å²) >= 11 is 0. The van der Waals surface area contributed by atoms with Gasteiger partial charge in [-0.15, -0.1) is 0 Å². The van der Waals surface area contributed by atoms with Crippen molar-refractivity contribution in [2.75, 3.05) is 13.1 Å². The normalized spacial score (nSPS) is 15.9. The number of rotatable bonds is 7. The van der Waals surface area contributed by atoms with E-state index >= 15 is 0 Å². The smallest absolute Gasteiger partial charge is 0.314 e. The van der Waals surface area contributed by atoms with E-state index in [0.717, 1.165) is 12.8 Å². The molecule has 0 heterocycles. The number of nitrogens with one attached hydrogen (secondary N) is 2. The zero-order chi connectivity index (χ0) is 17.6. The molecule has 0 bridgehead atoms. The number of urea groups is 1. The van der Waals surface area contributed by atoms with E-state index in [1.54, 1.807) is 0 Å². The van der Waals surface area contributed by atoms with Crippen molar-refractivity contribution in [3.63, 3.8) is 0 Å². The molecule has 0 radical (unpaired) electrons. The van der Waals surface area contributed by atoms with Crippen molar-refractivity contribution in [2.45, 2.75) is 43.9 Å². The molecule has 0 aliphatic heterocycles. The van der Waals surface area contributed by atoms with Crippen LogP contribution < -0.4 is 10.6 Å². The van der Waals surface area contributed by atoms with Crippen LogP contribution in [0.2, 0.25) is 0 Å². The van der Waals surface area contributed by atoms with Gasteiger partial charge in [-0.2, -0.15) is 0 Å². The maximum absolute atomic E-state index is 14.2. The van der Waals surface area contributed by atoms with Crippen molar-refractivity contribution in [1.82, 2.24) is 10.6 Å². The van der Waals surface area contributed by atoms with Crippen molar-refractivity contribution in [1.29, 1.82) is 0 Å². The summed E-state index contributed by atoms with van der Waals surface area (Å²) in [6, 6.07) is 3.36. The highest BCUT2D eigenvalue weighted by molar-refractivity contribution is 5.74. The molecule has 2 amide bonds. The number of carbonyl (C=O) groups is 2. The Morgan fingerprint density at radius 2 is 1.75 bits per heavy atom. The first-order valence-corrected chi connectivity index (χ1v) is 8.13. The van der Waals surface area contributed by atoms with Gasteiger partial charge in [0.25, 0.3) is 0 Å². The molecule has 1 aromatic carbocycles. The van der Waals surface area contributed by atoms with Crippen LogP contribution in [-0.2, 0) is 10.2 Å². The number of aliphatic carboxylic acids is 1. The number of amides is 2. The third-order valence-electron chi connectivity index (χ3n) is 4.49. The minimum atomic E-state index is -0.919. The molecular formula is C17H22F2N2O3. The molecule has 7 heteroatoms. The van der Waals surface area contributed by atoms with Crippen molar-refractivity contribution < 1.29 is 23.5 Å². The fourth-order valence-electron chi connectivity index (χ4n) is 3.32. The Morgan fingerprint density at radius 1 is 1.12 bits per heavy atom. The van der Waals surface area contributed by atoms with Crippen LogP contribution in [0.25, 0.3) is 0 Å².